The van der Waals surface area contributed by atoms with Crippen molar-refractivity contribution in [2.45, 2.75) is 53.9 Å². The Hall–Kier alpha value is -1.68. The van der Waals surface area contributed by atoms with Gasteiger partial charge < -0.3 is 4.52 Å². The zero-order valence-electron chi connectivity index (χ0n) is 16.2. The van der Waals surface area contributed by atoms with Crippen molar-refractivity contribution in [1.29, 1.82) is 0 Å². The van der Waals surface area contributed by atoms with Crippen LogP contribution in [0.15, 0.2) is 58.7 Å². The van der Waals surface area contributed by atoms with Gasteiger partial charge in [0.15, 0.2) is 0 Å². The number of carbonyl (C=O) groups excluding carboxylic acids is 1. The molecule has 1 aliphatic rings. The van der Waals surface area contributed by atoms with Crippen molar-refractivity contribution in [2.75, 3.05) is 0 Å². The average molecular weight is 380 g/mol. The molecule has 0 saturated heterocycles. The van der Waals surface area contributed by atoms with Gasteiger partial charge in [0.25, 0.3) is 0 Å². The van der Waals surface area contributed by atoms with E-state index >= 15 is 0 Å². The standard InChI is InChI=1S/C20H29O5P/c1-15(11-12-18-17(3)10-7-13-20(18,4)5)8-6-9-16(2)14-19(21)25-26(22,23)24/h6,8-9,11-12,14H,7,10,13H2,1-5H3,(H2,22,23,24)/b9-6+,12-11+,15-8+,16-14+. The number of phosphoric ester groups is 1. The highest BCUT2D eigenvalue weighted by Gasteiger charge is 2.26. The topological polar surface area (TPSA) is 83.8 Å². The number of rotatable bonds is 6. The Balaban J connectivity index is 2.75. The second kappa shape index (κ2) is 9.31. The quantitative estimate of drug-likeness (QED) is 0.378. The van der Waals surface area contributed by atoms with E-state index in [4.69, 9.17) is 9.79 Å². The second-order valence-electron chi connectivity index (χ2n) is 7.32. The summed E-state index contributed by atoms with van der Waals surface area (Å²) < 4.78 is 14.5. The van der Waals surface area contributed by atoms with Crippen LogP contribution in [-0.2, 0) is 13.9 Å². The summed E-state index contributed by atoms with van der Waals surface area (Å²) in [7, 11) is -4.80. The first-order valence-electron chi connectivity index (χ1n) is 8.61. The normalized spacial score (nSPS) is 19.5. The largest absolute Gasteiger partial charge is 0.527 e. The van der Waals surface area contributed by atoms with Gasteiger partial charge in [-0.15, -0.1) is 0 Å². The molecule has 0 unspecified atom stereocenters. The summed E-state index contributed by atoms with van der Waals surface area (Å²) in [5.74, 6) is -1.07. The van der Waals surface area contributed by atoms with E-state index in [-0.39, 0.29) is 5.41 Å². The van der Waals surface area contributed by atoms with Gasteiger partial charge in [0, 0.05) is 6.08 Å². The number of allylic oxidation sites excluding steroid dienone is 9. The maximum atomic E-state index is 11.3. The van der Waals surface area contributed by atoms with E-state index in [1.165, 1.54) is 24.0 Å². The van der Waals surface area contributed by atoms with Crippen LogP contribution in [0.3, 0.4) is 0 Å². The van der Waals surface area contributed by atoms with Crippen LogP contribution in [0.2, 0.25) is 0 Å². The van der Waals surface area contributed by atoms with Crippen LogP contribution in [0.1, 0.15) is 53.9 Å². The summed E-state index contributed by atoms with van der Waals surface area (Å²) in [6.07, 6.45) is 14.3. The highest BCUT2D eigenvalue weighted by Crippen LogP contribution is 2.40. The highest BCUT2D eigenvalue weighted by atomic mass is 31.2. The van der Waals surface area contributed by atoms with Gasteiger partial charge >= 0.3 is 13.8 Å². The average Bonchev–Trinajstić information content (AvgIpc) is 2.43. The lowest BCUT2D eigenvalue weighted by molar-refractivity contribution is -0.130. The SMILES string of the molecule is CC1=C(/C=C/C(C)=C/C=C/C(C)=C/C(=O)OP(=O)(O)O)C(C)(C)CCC1. The first-order valence-corrected chi connectivity index (χ1v) is 10.1. The van der Waals surface area contributed by atoms with Crippen LogP contribution < -0.4 is 0 Å². The summed E-state index contributed by atoms with van der Waals surface area (Å²) >= 11 is 0. The molecular weight excluding hydrogens is 351 g/mol. The molecule has 0 aromatic rings. The predicted molar refractivity (Wildman–Crippen MR) is 104 cm³/mol. The molecule has 0 amide bonds. The number of carbonyl (C=O) groups is 1. The zero-order chi connectivity index (χ0) is 20.0. The lowest BCUT2D eigenvalue weighted by Crippen LogP contribution is -2.19. The summed E-state index contributed by atoms with van der Waals surface area (Å²) in [5, 5.41) is 0. The fraction of sp³-hybridized carbons (Fsp3) is 0.450. The van der Waals surface area contributed by atoms with Crippen molar-refractivity contribution in [3.05, 3.63) is 58.7 Å². The molecule has 0 bridgehead atoms. The number of phosphoric acid groups is 1. The molecule has 0 atom stereocenters. The molecule has 0 fully saturated rings. The van der Waals surface area contributed by atoms with Crippen LogP contribution in [0.4, 0.5) is 0 Å². The van der Waals surface area contributed by atoms with Gasteiger partial charge in [-0.3, -0.25) is 9.79 Å². The Bertz CT molecular complexity index is 729. The minimum atomic E-state index is -4.80. The molecule has 0 aromatic heterocycles. The minimum absolute atomic E-state index is 0.202. The molecule has 0 heterocycles. The molecule has 0 saturated carbocycles. The van der Waals surface area contributed by atoms with E-state index in [0.29, 0.717) is 5.57 Å². The molecule has 144 valence electrons. The van der Waals surface area contributed by atoms with Crippen molar-refractivity contribution in [3.63, 3.8) is 0 Å². The fourth-order valence-corrected chi connectivity index (χ4v) is 3.30. The van der Waals surface area contributed by atoms with Gasteiger partial charge in [0.2, 0.25) is 0 Å². The van der Waals surface area contributed by atoms with Crippen molar-refractivity contribution in [3.8, 4) is 0 Å². The molecule has 6 heteroatoms. The Labute approximate surface area is 156 Å². The third-order valence-electron chi connectivity index (χ3n) is 4.33. The molecule has 0 radical (unpaired) electrons. The van der Waals surface area contributed by atoms with Crippen LogP contribution in [0.25, 0.3) is 0 Å². The highest BCUT2D eigenvalue weighted by molar-refractivity contribution is 7.46. The third-order valence-corrected chi connectivity index (χ3v) is 4.75. The van der Waals surface area contributed by atoms with Gasteiger partial charge in [-0.1, -0.05) is 55.4 Å². The van der Waals surface area contributed by atoms with Crippen LogP contribution >= 0.6 is 7.82 Å². The minimum Gasteiger partial charge on any atom is -0.367 e. The fourth-order valence-electron chi connectivity index (χ4n) is 3.01. The number of hydrogen-bond donors (Lipinski definition) is 2. The van der Waals surface area contributed by atoms with Crippen LogP contribution in [0, 0.1) is 5.41 Å². The molecule has 5 nitrogen and oxygen atoms in total. The Morgan fingerprint density at radius 1 is 1.19 bits per heavy atom. The second-order valence-corrected chi connectivity index (χ2v) is 8.49. The smallest absolute Gasteiger partial charge is 0.367 e. The van der Waals surface area contributed by atoms with Gasteiger partial charge in [0.05, 0.1) is 0 Å². The molecule has 2 N–H and O–H groups in total. The van der Waals surface area contributed by atoms with E-state index < -0.39 is 13.8 Å². The Morgan fingerprint density at radius 2 is 1.85 bits per heavy atom. The van der Waals surface area contributed by atoms with Crippen molar-refractivity contribution < 1.29 is 23.7 Å². The summed E-state index contributed by atoms with van der Waals surface area (Å²) in [5.41, 5.74) is 4.64. The van der Waals surface area contributed by atoms with E-state index in [1.54, 1.807) is 19.1 Å². The van der Waals surface area contributed by atoms with Crippen molar-refractivity contribution in [1.82, 2.24) is 0 Å². The van der Waals surface area contributed by atoms with E-state index in [1.807, 2.05) is 13.0 Å². The Morgan fingerprint density at radius 3 is 2.42 bits per heavy atom. The van der Waals surface area contributed by atoms with E-state index in [2.05, 4.69) is 37.4 Å². The molecule has 1 rings (SSSR count). The number of hydrogen-bond acceptors (Lipinski definition) is 3. The van der Waals surface area contributed by atoms with Gasteiger partial charge in [0.1, 0.15) is 0 Å². The first kappa shape index (κ1) is 22.4. The maximum absolute atomic E-state index is 11.3. The summed E-state index contributed by atoms with van der Waals surface area (Å²) in [4.78, 5) is 28.4. The lowest BCUT2D eigenvalue weighted by Gasteiger charge is -2.32. The Kier molecular flexibility index (Phi) is 8.01. The maximum Gasteiger partial charge on any atom is 0.527 e. The van der Waals surface area contributed by atoms with E-state index in [9.17, 15) is 9.36 Å². The summed E-state index contributed by atoms with van der Waals surface area (Å²) in [6.45, 7) is 10.4. The molecule has 0 spiro atoms. The first-order chi connectivity index (χ1) is 11.9. The van der Waals surface area contributed by atoms with Gasteiger partial charge in [-0.25, -0.2) is 9.36 Å². The van der Waals surface area contributed by atoms with E-state index in [0.717, 1.165) is 18.1 Å². The zero-order valence-corrected chi connectivity index (χ0v) is 17.0. The third kappa shape index (κ3) is 8.13. The summed E-state index contributed by atoms with van der Waals surface area (Å²) in [6, 6.07) is 0. The molecule has 0 aliphatic heterocycles. The van der Waals surface area contributed by atoms with Gasteiger partial charge in [-0.05, 0) is 56.6 Å². The van der Waals surface area contributed by atoms with Crippen molar-refractivity contribution in [2.24, 2.45) is 5.41 Å². The van der Waals surface area contributed by atoms with Gasteiger partial charge in [-0.2, -0.15) is 0 Å². The molecular formula is C20H29O5P. The monoisotopic (exact) mass is 380 g/mol. The van der Waals surface area contributed by atoms with Crippen LogP contribution in [-0.4, -0.2) is 15.8 Å². The van der Waals surface area contributed by atoms with Crippen molar-refractivity contribution >= 4 is 13.8 Å². The predicted octanol–water partition coefficient (Wildman–Crippen LogP) is 5.15. The molecule has 26 heavy (non-hydrogen) atoms. The lowest BCUT2D eigenvalue weighted by atomic mass is 9.72. The van der Waals surface area contributed by atoms with Crippen LogP contribution in [0.5, 0.6) is 0 Å². The molecule has 1 aliphatic carbocycles. The molecule has 0 aromatic carbocycles.